The molecule has 0 aliphatic heterocycles. The van der Waals surface area contributed by atoms with Gasteiger partial charge in [0, 0.05) is 0 Å². The number of nitro groups is 1. The summed E-state index contributed by atoms with van der Waals surface area (Å²) in [5, 5.41) is 11.8. The van der Waals surface area contributed by atoms with E-state index in [2.05, 4.69) is 0 Å². The van der Waals surface area contributed by atoms with E-state index in [9.17, 15) is 14.9 Å². The summed E-state index contributed by atoms with van der Waals surface area (Å²) in [5.41, 5.74) is -0.403. The van der Waals surface area contributed by atoms with Crippen LogP contribution in [-0.2, 0) is 0 Å². The number of hydrogen-bond donors (Lipinski definition) is 0. The molecule has 0 radical (unpaired) electrons. The monoisotopic (exact) mass is 271 g/mol. The summed E-state index contributed by atoms with van der Waals surface area (Å²) < 4.78 is 10.5. The highest BCUT2D eigenvalue weighted by molar-refractivity contribution is 5.95. The van der Waals surface area contributed by atoms with Crippen LogP contribution in [0.3, 0.4) is 0 Å². The molecule has 0 aliphatic rings. The zero-order valence-electron chi connectivity index (χ0n) is 10.5. The van der Waals surface area contributed by atoms with E-state index in [-0.39, 0.29) is 27.8 Å². The molecule has 0 bridgehead atoms. The number of nitro benzene ring substituents is 1. The molecule has 0 aliphatic carbocycles. The van der Waals surface area contributed by atoms with Crippen LogP contribution in [0, 0.1) is 10.1 Å². The van der Waals surface area contributed by atoms with E-state index in [4.69, 9.17) is 9.15 Å². The van der Waals surface area contributed by atoms with Crippen molar-refractivity contribution in [2.24, 2.45) is 0 Å². The van der Waals surface area contributed by atoms with Crippen molar-refractivity contribution < 1.29 is 14.1 Å². The minimum Gasteiger partial charge on any atom is -0.490 e. The number of fused-ring (bicyclic) bond motifs is 2. The summed E-state index contributed by atoms with van der Waals surface area (Å²) in [5.74, 6) is 0.0564. The van der Waals surface area contributed by atoms with Crippen molar-refractivity contribution in [3.63, 3.8) is 0 Å². The highest BCUT2D eigenvalue weighted by Gasteiger charge is 2.24. The first-order chi connectivity index (χ1) is 9.63. The fourth-order valence-corrected chi connectivity index (χ4v) is 2.17. The second-order valence-corrected chi connectivity index (χ2v) is 4.18. The third-order valence-corrected chi connectivity index (χ3v) is 3.09. The molecule has 0 saturated heterocycles. The molecule has 20 heavy (non-hydrogen) atoms. The van der Waals surface area contributed by atoms with Crippen LogP contribution in [0.4, 0.5) is 5.69 Å². The van der Waals surface area contributed by atoms with Gasteiger partial charge in [0.05, 0.1) is 22.8 Å². The smallest absolute Gasteiger partial charge is 0.353 e. The van der Waals surface area contributed by atoms with Crippen molar-refractivity contribution >= 4 is 27.6 Å². The Balaban J connectivity index is 2.58. The minimum absolute atomic E-state index is 0.0564. The van der Waals surface area contributed by atoms with Crippen LogP contribution in [0.2, 0.25) is 0 Å². The number of rotatable bonds is 2. The quantitative estimate of drug-likeness (QED) is 0.406. The van der Waals surface area contributed by atoms with Crippen molar-refractivity contribution in [2.75, 3.05) is 7.11 Å². The number of methoxy groups -OCH3 is 1. The summed E-state index contributed by atoms with van der Waals surface area (Å²) in [6, 6.07) is 9.49. The normalized spacial score (nSPS) is 10.8. The third-order valence-electron chi connectivity index (χ3n) is 3.09. The van der Waals surface area contributed by atoms with E-state index in [0.717, 1.165) is 0 Å². The average molecular weight is 271 g/mol. The molecule has 0 fully saturated rings. The number of nitrogens with zero attached hydrogens (tertiary/aromatic N) is 1. The zero-order valence-corrected chi connectivity index (χ0v) is 10.5. The molecular weight excluding hydrogens is 262 g/mol. The lowest BCUT2D eigenvalue weighted by Crippen LogP contribution is -2.04. The van der Waals surface area contributed by atoms with Gasteiger partial charge in [0.2, 0.25) is 16.8 Å². The summed E-state index contributed by atoms with van der Waals surface area (Å²) in [6.07, 6.45) is 0. The lowest BCUT2D eigenvalue weighted by Gasteiger charge is -2.05. The van der Waals surface area contributed by atoms with Gasteiger partial charge in [-0.15, -0.1) is 0 Å². The van der Waals surface area contributed by atoms with Gasteiger partial charge in [-0.05, 0) is 24.3 Å². The fraction of sp³-hybridized carbons (Fsp3) is 0.0714. The molecule has 2 aromatic carbocycles. The van der Waals surface area contributed by atoms with Crippen LogP contribution in [0.1, 0.15) is 0 Å². The lowest BCUT2D eigenvalue weighted by molar-refractivity contribution is -0.384. The Hall–Kier alpha value is -2.89. The van der Waals surface area contributed by atoms with Crippen molar-refractivity contribution in [3.8, 4) is 5.75 Å². The molecule has 100 valence electrons. The van der Waals surface area contributed by atoms with Crippen molar-refractivity contribution in [1.82, 2.24) is 0 Å². The van der Waals surface area contributed by atoms with Gasteiger partial charge < -0.3 is 9.15 Å². The number of ether oxygens (including phenoxy) is 1. The van der Waals surface area contributed by atoms with E-state index in [1.54, 1.807) is 24.3 Å². The second kappa shape index (κ2) is 4.34. The molecule has 1 heterocycles. The molecule has 3 aromatic rings. The highest BCUT2D eigenvalue weighted by Crippen LogP contribution is 2.35. The Bertz CT molecular complexity index is 897. The minimum atomic E-state index is -0.612. The van der Waals surface area contributed by atoms with Gasteiger partial charge in [-0.1, -0.05) is 12.1 Å². The Morgan fingerprint density at radius 3 is 2.60 bits per heavy atom. The number of benzene rings is 2. The number of para-hydroxylation sites is 1. The van der Waals surface area contributed by atoms with Crippen molar-refractivity contribution in [1.29, 1.82) is 0 Å². The molecule has 0 unspecified atom stereocenters. The van der Waals surface area contributed by atoms with E-state index >= 15 is 0 Å². The van der Waals surface area contributed by atoms with Gasteiger partial charge in [0.25, 0.3) is 0 Å². The van der Waals surface area contributed by atoms with E-state index in [1.165, 1.54) is 19.2 Å². The Kier molecular flexibility index (Phi) is 2.64. The summed E-state index contributed by atoms with van der Waals surface area (Å²) in [7, 11) is 1.33. The second-order valence-electron chi connectivity index (χ2n) is 4.18. The molecule has 0 spiro atoms. The molecule has 6 heteroatoms. The summed E-state index contributed by atoms with van der Waals surface area (Å²) in [4.78, 5) is 22.9. The highest BCUT2D eigenvalue weighted by atomic mass is 16.6. The molecule has 0 saturated carbocycles. The fourth-order valence-electron chi connectivity index (χ4n) is 2.17. The van der Waals surface area contributed by atoms with Crippen LogP contribution < -0.4 is 10.2 Å². The molecule has 3 rings (SSSR count). The average Bonchev–Trinajstić information content (AvgIpc) is 2.46. The number of hydrogen-bond acceptors (Lipinski definition) is 5. The summed E-state index contributed by atoms with van der Waals surface area (Å²) in [6.45, 7) is 0. The maximum atomic E-state index is 12.3. The zero-order chi connectivity index (χ0) is 14.3. The largest absolute Gasteiger partial charge is 0.490 e. The Morgan fingerprint density at radius 2 is 1.90 bits per heavy atom. The van der Waals surface area contributed by atoms with Gasteiger partial charge in [-0.25, -0.2) is 0 Å². The summed E-state index contributed by atoms with van der Waals surface area (Å²) >= 11 is 0. The maximum Gasteiger partial charge on any atom is 0.353 e. The van der Waals surface area contributed by atoms with Gasteiger partial charge in [-0.2, -0.15) is 0 Å². The van der Waals surface area contributed by atoms with Gasteiger partial charge >= 0.3 is 5.69 Å². The van der Waals surface area contributed by atoms with Crippen molar-refractivity contribution in [3.05, 3.63) is 56.7 Å². The molecule has 0 N–H and O–H groups in total. The van der Waals surface area contributed by atoms with E-state index in [0.29, 0.717) is 11.0 Å². The van der Waals surface area contributed by atoms with Crippen LogP contribution in [0.15, 0.2) is 45.6 Å². The predicted molar refractivity (Wildman–Crippen MR) is 73.2 cm³/mol. The van der Waals surface area contributed by atoms with Gasteiger partial charge in [0.15, 0.2) is 0 Å². The van der Waals surface area contributed by atoms with Crippen LogP contribution >= 0.6 is 0 Å². The van der Waals surface area contributed by atoms with Crippen LogP contribution in [0.25, 0.3) is 21.9 Å². The molecule has 1 aromatic heterocycles. The Morgan fingerprint density at radius 1 is 1.15 bits per heavy atom. The van der Waals surface area contributed by atoms with Gasteiger partial charge in [-0.3, -0.25) is 14.9 Å². The first-order valence-corrected chi connectivity index (χ1v) is 5.80. The maximum absolute atomic E-state index is 12.3. The van der Waals surface area contributed by atoms with Gasteiger partial charge in [0.1, 0.15) is 5.58 Å². The third kappa shape index (κ3) is 1.62. The lowest BCUT2D eigenvalue weighted by atomic mass is 10.1. The first-order valence-electron chi connectivity index (χ1n) is 5.80. The molecule has 6 nitrogen and oxygen atoms in total. The van der Waals surface area contributed by atoms with Crippen molar-refractivity contribution in [2.45, 2.75) is 0 Å². The topological polar surface area (TPSA) is 82.6 Å². The molecular formula is C14H9NO5. The van der Waals surface area contributed by atoms with Crippen LogP contribution in [0.5, 0.6) is 5.75 Å². The van der Waals surface area contributed by atoms with Crippen LogP contribution in [-0.4, -0.2) is 12.0 Å². The first kappa shape index (κ1) is 12.2. The Labute approximate surface area is 112 Å². The molecule has 0 amide bonds. The SMILES string of the molecule is COc1ccc2c(=O)c3ccccc3oc2c1[N+](=O)[O-]. The molecule has 0 atom stereocenters. The van der Waals surface area contributed by atoms with E-state index < -0.39 is 4.92 Å². The predicted octanol–water partition coefficient (Wildman–Crippen LogP) is 2.86. The standard InChI is InChI=1S/C14H9NO5/c1-19-11-7-6-9-13(16)8-4-2-3-5-10(8)20-14(9)12(11)15(17)18/h2-7H,1H3. The van der Waals surface area contributed by atoms with E-state index in [1.807, 2.05) is 0 Å².